The van der Waals surface area contributed by atoms with Crippen molar-refractivity contribution in [2.75, 3.05) is 0 Å². The molecule has 1 aromatic carbocycles. The molecule has 0 aliphatic heterocycles. The van der Waals surface area contributed by atoms with Crippen molar-refractivity contribution in [3.63, 3.8) is 0 Å². The van der Waals surface area contributed by atoms with Gasteiger partial charge in [0.1, 0.15) is 16.9 Å². The van der Waals surface area contributed by atoms with Gasteiger partial charge in [-0.05, 0) is 30.7 Å². The minimum Gasteiger partial charge on any atom is -0.529 e. The fourth-order valence-electron chi connectivity index (χ4n) is 2.55. The molecule has 0 radical (unpaired) electrons. The fraction of sp³-hybridized carbons (Fsp3) is 0.125. The van der Waals surface area contributed by atoms with E-state index in [1.807, 2.05) is 0 Å². The molecular weight excluding hydrogens is 345 g/mol. The number of hydrogen-bond donors (Lipinski definition) is 0. The molecule has 2 heterocycles. The van der Waals surface area contributed by atoms with Gasteiger partial charge in [0.25, 0.3) is 0 Å². The lowest BCUT2D eigenvalue weighted by molar-refractivity contribution is -0.249. The Kier molecular flexibility index (Phi) is 3.76. The number of alkyl halides is 3. The lowest BCUT2D eigenvalue weighted by Crippen LogP contribution is -2.29. The normalized spacial score (nSPS) is 11.9. The molecular formula is C16H9ClF3N2O2-. The smallest absolute Gasteiger partial charge is 0.417 e. The van der Waals surface area contributed by atoms with Crippen molar-refractivity contribution in [3.05, 3.63) is 52.7 Å². The molecule has 0 bridgehead atoms. The van der Waals surface area contributed by atoms with Gasteiger partial charge in [0.05, 0.1) is 11.3 Å². The van der Waals surface area contributed by atoms with Gasteiger partial charge in [0.2, 0.25) is 0 Å². The van der Waals surface area contributed by atoms with E-state index in [2.05, 4.69) is 4.98 Å². The van der Waals surface area contributed by atoms with Crippen LogP contribution in [-0.2, 0) is 6.18 Å². The summed E-state index contributed by atoms with van der Waals surface area (Å²) in [6.07, 6.45) is -6.32. The van der Waals surface area contributed by atoms with Gasteiger partial charge in [0, 0.05) is 10.9 Å². The van der Waals surface area contributed by atoms with Gasteiger partial charge < -0.3 is 9.90 Å². The summed E-state index contributed by atoms with van der Waals surface area (Å²) in [5, 5.41) is 11.9. The largest absolute Gasteiger partial charge is 0.529 e. The molecule has 8 heteroatoms. The average Bonchev–Trinajstić information content (AvgIpc) is 2.85. The number of carbonyl (C=O) groups is 1. The summed E-state index contributed by atoms with van der Waals surface area (Å²) in [6.45, 7) is 1.66. The zero-order chi connectivity index (χ0) is 17.6. The zero-order valence-corrected chi connectivity index (χ0v) is 12.9. The molecule has 0 unspecified atom stereocenters. The molecule has 0 spiro atoms. The van der Waals surface area contributed by atoms with E-state index in [0.717, 1.165) is 6.07 Å². The number of nitrogens with zero attached hydrogens (tertiary/aromatic N) is 2. The number of aryl methyl sites for hydroxylation is 1. The summed E-state index contributed by atoms with van der Waals surface area (Å²) < 4.78 is 40.3. The molecule has 24 heavy (non-hydrogen) atoms. The highest BCUT2D eigenvalue weighted by Crippen LogP contribution is 2.38. The highest BCUT2D eigenvalue weighted by atomic mass is 35.5. The fourth-order valence-corrected chi connectivity index (χ4v) is 2.69. The van der Waals surface area contributed by atoms with Crippen molar-refractivity contribution in [3.8, 4) is 11.3 Å². The minimum atomic E-state index is -4.63. The highest BCUT2D eigenvalue weighted by Gasteiger charge is 2.34. The summed E-state index contributed by atoms with van der Waals surface area (Å²) in [5.41, 5.74) is -0.890. The molecule has 0 aliphatic rings. The lowest BCUT2D eigenvalue weighted by Gasteiger charge is -2.15. The summed E-state index contributed by atoms with van der Waals surface area (Å²) in [6, 6.07) is 7.60. The quantitative estimate of drug-likeness (QED) is 0.624. The molecule has 0 saturated heterocycles. The Bertz CT molecular complexity index is 964. The maximum Gasteiger partial charge on any atom is 0.417 e. The lowest BCUT2D eigenvalue weighted by atomic mass is 10.0. The number of hydrogen-bond acceptors (Lipinski definition) is 3. The average molecular weight is 354 g/mol. The predicted molar refractivity (Wildman–Crippen MR) is 80.7 cm³/mol. The van der Waals surface area contributed by atoms with E-state index < -0.39 is 17.8 Å². The summed E-state index contributed by atoms with van der Waals surface area (Å²) in [5.74, 6) is 0. The molecule has 0 saturated carbocycles. The van der Waals surface area contributed by atoms with Crippen LogP contribution in [0.3, 0.4) is 0 Å². The standard InChI is InChI=1S/C16H10ClF3N2O2/c1-8-6-9-7-12(22(15(23)24)14(9)21-13(8)17)10-4-2-3-5-11(10)16(18,19)20/h2-7H,1H3,(H,23,24)/p-1. The van der Waals surface area contributed by atoms with Gasteiger partial charge in [-0.1, -0.05) is 29.8 Å². The van der Waals surface area contributed by atoms with Gasteiger partial charge in [-0.3, -0.25) is 4.57 Å². The van der Waals surface area contributed by atoms with Crippen LogP contribution in [0.15, 0.2) is 36.4 Å². The Labute approximate surface area is 139 Å². The van der Waals surface area contributed by atoms with Crippen LogP contribution in [-0.4, -0.2) is 15.6 Å². The molecule has 2 aromatic heterocycles. The molecule has 0 amide bonds. The van der Waals surface area contributed by atoms with Gasteiger partial charge in [-0.2, -0.15) is 13.2 Å². The molecule has 3 rings (SSSR count). The van der Waals surface area contributed by atoms with E-state index in [-0.39, 0.29) is 22.1 Å². The maximum absolute atomic E-state index is 13.2. The Hall–Kier alpha value is -2.54. The van der Waals surface area contributed by atoms with E-state index in [9.17, 15) is 23.1 Å². The number of halogens is 4. The first-order valence-electron chi connectivity index (χ1n) is 6.76. The van der Waals surface area contributed by atoms with Crippen LogP contribution in [0.5, 0.6) is 0 Å². The number of aromatic nitrogens is 2. The monoisotopic (exact) mass is 353 g/mol. The molecule has 0 atom stereocenters. The third kappa shape index (κ3) is 2.60. The van der Waals surface area contributed by atoms with Crippen LogP contribution in [0.1, 0.15) is 11.1 Å². The van der Waals surface area contributed by atoms with E-state index in [4.69, 9.17) is 11.6 Å². The Morgan fingerprint density at radius 3 is 2.54 bits per heavy atom. The van der Waals surface area contributed by atoms with Crippen molar-refractivity contribution in [1.29, 1.82) is 0 Å². The number of rotatable bonds is 1. The third-order valence-corrected chi connectivity index (χ3v) is 3.98. The molecule has 4 nitrogen and oxygen atoms in total. The van der Waals surface area contributed by atoms with Crippen molar-refractivity contribution < 1.29 is 23.1 Å². The second-order valence-electron chi connectivity index (χ2n) is 5.18. The van der Waals surface area contributed by atoms with Crippen molar-refractivity contribution in [1.82, 2.24) is 9.55 Å². The first kappa shape index (κ1) is 16.3. The Balaban J connectivity index is 2.40. The Morgan fingerprint density at radius 1 is 1.25 bits per heavy atom. The number of carbonyl (C=O) groups excluding carboxylic acids is 1. The van der Waals surface area contributed by atoms with E-state index >= 15 is 0 Å². The molecule has 0 N–H and O–H groups in total. The van der Waals surface area contributed by atoms with E-state index in [0.29, 0.717) is 15.5 Å². The van der Waals surface area contributed by atoms with Crippen molar-refractivity contribution in [2.45, 2.75) is 13.1 Å². The van der Waals surface area contributed by atoms with Crippen LogP contribution in [0, 0.1) is 6.92 Å². The minimum absolute atomic E-state index is 0.0683. The topological polar surface area (TPSA) is 58.0 Å². The second-order valence-corrected chi connectivity index (χ2v) is 5.54. The van der Waals surface area contributed by atoms with Crippen LogP contribution in [0.25, 0.3) is 22.3 Å². The SMILES string of the molecule is Cc1cc2cc(-c3ccccc3C(F)(F)F)n(C(=O)[O-])c2nc1Cl. The summed E-state index contributed by atoms with van der Waals surface area (Å²) in [7, 11) is 0. The first-order chi connectivity index (χ1) is 11.2. The highest BCUT2D eigenvalue weighted by molar-refractivity contribution is 6.30. The van der Waals surface area contributed by atoms with Crippen molar-refractivity contribution in [2.24, 2.45) is 0 Å². The number of carboxylic acid groups (broad SMARTS) is 1. The van der Waals surface area contributed by atoms with Gasteiger partial charge in [-0.25, -0.2) is 4.98 Å². The second kappa shape index (κ2) is 5.52. The molecule has 0 aliphatic carbocycles. The Morgan fingerprint density at radius 2 is 1.92 bits per heavy atom. The van der Waals surface area contributed by atoms with Gasteiger partial charge in [-0.15, -0.1) is 0 Å². The number of pyridine rings is 1. The molecule has 0 fully saturated rings. The maximum atomic E-state index is 13.2. The molecule has 124 valence electrons. The van der Waals surface area contributed by atoms with Crippen LogP contribution in [0.4, 0.5) is 18.0 Å². The third-order valence-electron chi connectivity index (χ3n) is 3.60. The summed E-state index contributed by atoms with van der Waals surface area (Å²) in [4.78, 5) is 15.5. The van der Waals surface area contributed by atoms with Gasteiger partial charge >= 0.3 is 6.18 Å². The van der Waals surface area contributed by atoms with Crippen LogP contribution in [0.2, 0.25) is 5.15 Å². The zero-order valence-electron chi connectivity index (χ0n) is 12.2. The van der Waals surface area contributed by atoms with E-state index in [1.165, 1.54) is 24.3 Å². The predicted octanol–water partition coefficient (Wildman–Crippen LogP) is 3.88. The van der Waals surface area contributed by atoms with Crippen LogP contribution >= 0.6 is 11.6 Å². The van der Waals surface area contributed by atoms with Gasteiger partial charge in [0.15, 0.2) is 0 Å². The number of benzene rings is 1. The van der Waals surface area contributed by atoms with Crippen molar-refractivity contribution >= 4 is 28.7 Å². The van der Waals surface area contributed by atoms with Crippen LogP contribution < -0.4 is 5.11 Å². The first-order valence-corrected chi connectivity index (χ1v) is 7.14. The van der Waals surface area contributed by atoms with E-state index in [1.54, 1.807) is 13.0 Å². The summed E-state index contributed by atoms with van der Waals surface area (Å²) >= 11 is 5.91. The number of fused-ring (bicyclic) bond motifs is 1. The molecule has 3 aromatic rings.